The summed E-state index contributed by atoms with van der Waals surface area (Å²) < 4.78 is 6.33. The lowest BCUT2D eigenvalue weighted by Crippen LogP contribution is -2.54. The Hall–Kier alpha value is -2.83. The summed E-state index contributed by atoms with van der Waals surface area (Å²) in [5.74, 6) is 1.48. The number of aryl methyl sites for hydroxylation is 1. The Morgan fingerprint density at radius 2 is 1.86 bits per heavy atom. The van der Waals surface area contributed by atoms with Gasteiger partial charge in [0.1, 0.15) is 17.3 Å². The van der Waals surface area contributed by atoms with Crippen LogP contribution in [0.1, 0.15) is 52.7 Å². The van der Waals surface area contributed by atoms with Crippen LogP contribution in [0, 0.1) is 27.7 Å². The Bertz CT molecular complexity index is 1090. The number of carbonyl (C=O) groups is 1. The summed E-state index contributed by atoms with van der Waals surface area (Å²) in [7, 11) is 0. The fraction of sp³-hybridized carbons (Fsp3) is 0.500. The molecule has 7 nitrogen and oxygen atoms in total. The molecule has 1 aromatic carbocycles. The van der Waals surface area contributed by atoms with E-state index in [0.29, 0.717) is 60.9 Å². The van der Waals surface area contributed by atoms with Gasteiger partial charge < -0.3 is 19.7 Å². The third-order valence-corrected chi connectivity index (χ3v) is 6.45. The highest BCUT2D eigenvalue weighted by Crippen LogP contribution is 2.43. The smallest absolute Gasteiger partial charge is 0.266 e. The second-order valence-corrected chi connectivity index (χ2v) is 8.42. The summed E-state index contributed by atoms with van der Waals surface area (Å²) >= 11 is 0. The maximum absolute atomic E-state index is 13.5. The maximum atomic E-state index is 13.5. The van der Waals surface area contributed by atoms with Crippen molar-refractivity contribution in [2.75, 3.05) is 6.54 Å². The molecule has 0 aliphatic carbocycles. The van der Waals surface area contributed by atoms with Gasteiger partial charge in [0, 0.05) is 24.1 Å². The van der Waals surface area contributed by atoms with Crippen LogP contribution in [0.3, 0.4) is 0 Å². The molecule has 3 heterocycles. The number of aromatic amines is 1. The first-order valence-electron chi connectivity index (χ1n) is 10.0. The van der Waals surface area contributed by atoms with Crippen molar-refractivity contribution in [3.8, 4) is 11.5 Å². The minimum atomic E-state index is -0.985. The normalized spacial score (nSPS) is 20.7. The first kappa shape index (κ1) is 19.5. The van der Waals surface area contributed by atoms with Gasteiger partial charge >= 0.3 is 0 Å². The molecule has 0 unspecified atom stereocenters. The monoisotopic (exact) mass is 397 g/mol. The fourth-order valence-electron chi connectivity index (χ4n) is 4.47. The minimum absolute atomic E-state index is 0.0867. The molecular weight excluding hydrogens is 370 g/mol. The van der Waals surface area contributed by atoms with Crippen molar-refractivity contribution >= 4 is 5.91 Å². The van der Waals surface area contributed by atoms with Gasteiger partial charge in [0.15, 0.2) is 5.60 Å². The van der Waals surface area contributed by atoms with Crippen LogP contribution >= 0.6 is 0 Å². The molecule has 0 fully saturated rings. The molecule has 2 aromatic rings. The zero-order valence-corrected chi connectivity index (χ0v) is 17.6. The van der Waals surface area contributed by atoms with Crippen LogP contribution in [0.25, 0.3) is 0 Å². The van der Waals surface area contributed by atoms with Gasteiger partial charge in [0.25, 0.3) is 11.5 Å². The number of aromatic nitrogens is 2. The molecule has 154 valence electrons. The highest BCUT2D eigenvalue weighted by molar-refractivity contribution is 5.86. The number of hydrogen-bond acceptors (Lipinski definition) is 5. The van der Waals surface area contributed by atoms with Crippen LogP contribution < -0.4 is 10.3 Å². The predicted molar refractivity (Wildman–Crippen MR) is 108 cm³/mol. The SMILES string of the molecule is Cc1nc2c(c(=O)[nH]1)CCN(C(=O)[C@@]1(C)CCc3c(C)c(O)c(C)c(C)c3O1)C2. The minimum Gasteiger partial charge on any atom is -0.507 e. The number of rotatable bonds is 1. The second-order valence-electron chi connectivity index (χ2n) is 8.42. The zero-order valence-electron chi connectivity index (χ0n) is 17.6. The zero-order chi connectivity index (χ0) is 21.1. The highest BCUT2D eigenvalue weighted by Gasteiger charge is 2.44. The lowest BCUT2D eigenvalue weighted by molar-refractivity contribution is -0.149. The number of benzene rings is 1. The Kier molecular flexibility index (Phi) is 4.44. The Morgan fingerprint density at radius 3 is 2.59 bits per heavy atom. The third-order valence-electron chi connectivity index (χ3n) is 6.45. The largest absolute Gasteiger partial charge is 0.507 e. The van der Waals surface area contributed by atoms with E-state index in [2.05, 4.69) is 9.97 Å². The van der Waals surface area contributed by atoms with E-state index < -0.39 is 5.60 Å². The van der Waals surface area contributed by atoms with Crippen molar-refractivity contribution in [1.82, 2.24) is 14.9 Å². The predicted octanol–water partition coefficient (Wildman–Crippen LogP) is 2.38. The van der Waals surface area contributed by atoms with Gasteiger partial charge in [0.05, 0.1) is 12.2 Å². The molecule has 4 rings (SSSR count). The fourth-order valence-corrected chi connectivity index (χ4v) is 4.47. The van der Waals surface area contributed by atoms with Crippen molar-refractivity contribution in [2.24, 2.45) is 0 Å². The summed E-state index contributed by atoms with van der Waals surface area (Å²) in [6.07, 6.45) is 1.69. The van der Waals surface area contributed by atoms with Gasteiger partial charge in [-0.25, -0.2) is 4.98 Å². The lowest BCUT2D eigenvalue weighted by atomic mass is 9.86. The number of H-pyrrole nitrogens is 1. The first-order chi connectivity index (χ1) is 13.6. The molecule has 1 aromatic heterocycles. The highest BCUT2D eigenvalue weighted by atomic mass is 16.5. The molecule has 2 aliphatic rings. The number of phenols is 1. The molecule has 0 bridgehead atoms. The van der Waals surface area contributed by atoms with Crippen molar-refractivity contribution < 1.29 is 14.6 Å². The topological polar surface area (TPSA) is 95.5 Å². The van der Waals surface area contributed by atoms with Crippen molar-refractivity contribution in [3.05, 3.63) is 49.7 Å². The first-order valence-corrected chi connectivity index (χ1v) is 10.0. The number of hydrogen-bond donors (Lipinski definition) is 2. The molecule has 1 amide bonds. The number of amides is 1. The molecule has 0 saturated heterocycles. The number of phenolic OH excluding ortho intramolecular Hbond substituents is 1. The van der Waals surface area contributed by atoms with E-state index in [1.807, 2.05) is 27.7 Å². The quantitative estimate of drug-likeness (QED) is 0.770. The van der Waals surface area contributed by atoms with Crippen LogP contribution in [-0.4, -0.2) is 38.0 Å². The molecule has 0 spiro atoms. The van der Waals surface area contributed by atoms with E-state index in [1.54, 1.807) is 11.8 Å². The van der Waals surface area contributed by atoms with Gasteiger partial charge in [-0.1, -0.05) is 0 Å². The number of nitrogens with one attached hydrogen (secondary N) is 1. The average Bonchev–Trinajstić information content (AvgIpc) is 2.69. The molecule has 29 heavy (non-hydrogen) atoms. The molecule has 2 aliphatic heterocycles. The van der Waals surface area contributed by atoms with E-state index in [9.17, 15) is 14.7 Å². The summed E-state index contributed by atoms with van der Waals surface area (Å²) in [5, 5.41) is 10.4. The maximum Gasteiger partial charge on any atom is 0.266 e. The van der Waals surface area contributed by atoms with Crippen LogP contribution in [0.4, 0.5) is 0 Å². The van der Waals surface area contributed by atoms with E-state index in [1.165, 1.54) is 0 Å². The van der Waals surface area contributed by atoms with E-state index in [4.69, 9.17) is 4.74 Å². The molecule has 0 radical (unpaired) electrons. The summed E-state index contributed by atoms with van der Waals surface area (Å²) in [5.41, 5.74) is 3.68. The van der Waals surface area contributed by atoms with E-state index >= 15 is 0 Å². The molecule has 0 saturated carbocycles. The van der Waals surface area contributed by atoms with Gasteiger partial charge in [0.2, 0.25) is 0 Å². The van der Waals surface area contributed by atoms with Crippen LogP contribution in [-0.2, 0) is 24.2 Å². The van der Waals surface area contributed by atoms with Crippen LogP contribution in [0.2, 0.25) is 0 Å². The van der Waals surface area contributed by atoms with Crippen LogP contribution in [0.5, 0.6) is 11.5 Å². The Morgan fingerprint density at radius 1 is 1.14 bits per heavy atom. The Labute approximate surface area is 169 Å². The summed E-state index contributed by atoms with van der Waals surface area (Å²) in [4.78, 5) is 34.5. The molecule has 2 N–H and O–H groups in total. The number of aromatic hydroxyl groups is 1. The molecule has 1 atom stereocenters. The third kappa shape index (κ3) is 2.99. The second kappa shape index (κ2) is 6.61. The summed E-state index contributed by atoms with van der Waals surface area (Å²) in [6.45, 7) is 10.0. The number of nitrogens with zero attached hydrogens (tertiary/aromatic N) is 2. The lowest BCUT2D eigenvalue weighted by Gasteiger charge is -2.40. The number of fused-ring (bicyclic) bond motifs is 2. The van der Waals surface area contributed by atoms with Gasteiger partial charge in [-0.15, -0.1) is 0 Å². The summed E-state index contributed by atoms with van der Waals surface area (Å²) in [6, 6.07) is 0. The van der Waals surface area contributed by atoms with E-state index in [-0.39, 0.29) is 11.5 Å². The van der Waals surface area contributed by atoms with Crippen molar-refractivity contribution in [3.63, 3.8) is 0 Å². The van der Waals surface area contributed by atoms with Gasteiger partial charge in [-0.2, -0.15) is 0 Å². The molecule has 7 heteroatoms. The van der Waals surface area contributed by atoms with Gasteiger partial charge in [-0.3, -0.25) is 9.59 Å². The van der Waals surface area contributed by atoms with E-state index in [0.717, 1.165) is 22.3 Å². The standard InChI is InChI=1S/C22H27N3O4/c1-11-12(2)19-15(13(3)18(11)26)6-8-22(5,29-19)21(28)25-9-7-16-17(10-25)23-14(4)24-20(16)27/h26H,6-10H2,1-5H3,(H,23,24,27)/t22-/m1/s1. The molecular formula is C22H27N3O4. The van der Waals surface area contributed by atoms with Crippen LogP contribution in [0.15, 0.2) is 4.79 Å². The number of ether oxygens (including phenoxy) is 1. The van der Waals surface area contributed by atoms with Crippen molar-refractivity contribution in [1.29, 1.82) is 0 Å². The van der Waals surface area contributed by atoms with Gasteiger partial charge in [-0.05, 0) is 64.2 Å². The Balaban J connectivity index is 1.64. The number of carbonyl (C=O) groups excluding carboxylic acids is 1. The average molecular weight is 397 g/mol. The van der Waals surface area contributed by atoms with Crippen molar-refractivity contribution in [2.45, 2.75) is 66.0 Å².